The number of urea groups is 1. The van der Waals surface area contributed by atoms with Gasteiger partial charge in [-0.1, -0.05) is 6.07 Å². The van der Waals surface area contributed by atoms with Crippen LogP contribution in [0.25, 0.3) is 0 Å². The van der Waals surface area contributed by atoms with Gasteiger partial charge in [-0.15, -0.1) is 0 Å². The average molecular weight is 485 g/mol. The van der Waals surface area contributed by atoms with Crippen LogP contribution in [0.4, 0.5) is 4.79 Å². The first-order chi connectivity index (χ1) is 16.9. The molecular formula is C25H32N4O6. The molecule has 1 aromatic carbocycles. The number of piperidine rings is 3. The van der Waals surface area contributed by atoms with Crippen LogP contribution < -0.4 is 14.8 Å². The van der Waals surface area contributed by atoms with Gasteiger partial charge < -0.3 is 24.6 Å². The number of hydrogen-bond acceptors (Lipinski definition) is 6. The van der Waals surface area contributed by atoms with E-state index in [9.17, 15) is 19.2 Å². The number of hydrogen-bond donors (Lipinski definition) is 1. The quantitative estimate of drug-likeness (QED) is 0.611. The van der Waals surface area contributed by atoms with Crippen molar-refractivity contribution in [3.63, 3.8) is 0 Å². The second-order valence-electron chi connectivity index (χ2n) is 9.99. The third-order valence-electron chi connectivity index (χ3n) is 7.81. The largest absolute Gasteiger partial charge is 0.493 e. The highest BCUT2D eigenvalue weighted by Crippen LogP contribution is 2.38. The summed E-state index contributed by atoms with van der Waals surface area (Å²) in [7, 11) is 3.06. The number of benzene rings is 1. The fraction of sp³-hybridized carbons (Fsp3) is 0.600. The number of carbonyl (C=O) groups is 4. The van der Waals surface area contributed by atoms with Gasteiger partial charge in [-0.2, -0.15) is 0 Å². The van der Waals surface area contributed by atoms with Gasteiger partial charge in [0, 0.05) is 32.1 Å². The minimum absolute atomic E-state index is 0.0558. The van der Waals surface area contributed by atoms with Crippen LogP contribution in [-0.4, -0.2) is 84.4 Å². The molecule has 5 rings (SSSR count). The highest BCUT2D eigenvalue weighted by Gasteiger charge is 2.46. The Hall–Kier alpha value is -3.30. The van der Waals surface area contributed by atoms with Gasteiger partial charge in [0.15, 0.2) is 11.5 Å². The van der Waals surface area contributed by atoms with E-state index in [1.807, 2.05) is 9.80 Å². The summed E-state index contributed by atoms with van der Waals surface area (Å²) in [6.45, 7) is 1.99. The van der Waals surface area contributed by atoms with Crippen LogP contribution in [0.2, 0.25) is 0 Å². The van der Waals surface area contributed by atoms with E-state index in [2.05, 4.69) is 5.32 Å². The van der Waals surface area contributed by atoms with Gasteiger partial charge in [-0.25, -0.2) is 4.79 Å². The Morgan fingerprint density at radius 1 is 1.09 bits per heavy atom. The molecule has 0 radical (unpaired) electrons. The lowest BCUT2D eigenvalue weighted by Crippen LogP contribution is -2.61. The molecule has 0 unspecified atom stereocenters. The fourth-order valence-corrected chi connectivity index (χ4v) is 6.14. The van der Waals surface area contributed by atoms with Gasteiger partial charge in [0.1, 0.15) is 6.04 Å². The number of carbonyl (C=O) groups excluding carboxylic acids is 4. The second kappa shape index (κ2) is 9.39. The number of rotatable bonds is 6. The van der Waals surface area contributed by atoms with Crippen molar-refractivity contribution in [2.75, 3.05) is 33.9 Å². The normalized spacial score (nSPS) is 28.1. The summed E-state index contributed by atoms with van der Waals surface area (Å²) >= 11 is 0. The van der Waals surface area contributed by atoms with Gasteiger partial charge >= 0.3 is 6.03 Å². The van der Waals surface area contributed by atoms with E-state index >= 15 is 0 Å². The summed E-state index contributed by atoms with van der Waals surface area (Å²) in [6.07, 6.45) is 3.51. The van der Waals surface area contributed by atoms with Gasteiger partial charge in [0.25, 0.3) is 5.91 Å². The van der Waals surface area contributed by atoms with Crippen molar-refractivity contribution in [3.05, 3.63) is 23.8 Å². The molecule has 10 heteroatoms. The zero-order valence-electron chi connectivity index (χ0n) is 20.2. The summed E-state index contributed by atoms with van der Waals surface area (Å²) < 4.78 is 10.5. The van der Waals surface area contributed by atoms with Crippen LogP contribution in [0.3, 0.4) is 0 Å². The zero-order valence-corrected chi connectivity index (χ0v) is 20.2. The van der Waals surface area contributed by atoms with Crippen molar-refractivity contribution in [2.24, 2.45) is 11.8 Å². The molecule has 2 bridgehead atoms. The van der Waals surface area contributed by atoms with Gasteiger partial charge in [0.05, 0.1) is 27.2 Å². The second-order valence-corrected chi connectivity index (χ2v) is 9.99. The molecule has 4 fully saturated rings. The lowest BCUT2D eigenvalue weighted by molar-refractivity contribution is -0.149. The lowest BCUT2D eigenvalue weighted by atomic mass is 9.76. The van der Waals surface area contributed by atoms with Crippen molar-refractivity contribution in [2.45, 2.75) is 50.7 Å². The Labute approximate surface area is 204 Å². The number of nitrogens with zero attached hydrogens (tertiary/aromatic N) is 3. The molecule has 4 aliphatic rings. The van der Waals surface area contributed by atoms with Crippen molar-refractivity contribution < 1.29 is 28.7 Å². The standard InChI is InChI=1S/C25H32N4O6/c1-34-20-7-6-15(9-21(20)35-2)12-29-24(32)18(26-25(29)33)10-23(31)27-11-16-8-17(14-27)19-4-3-5-22(30)28(19)13-16/h6-7,9,16-19H,3-5,8,10-14H2,1-2H3,(H,26,33)/t16-,17+,18+,19-/m1/s1. The molecule has 1 N–H and O–H groups in total. The summed E-state index contributed by atoms with van der Waals surface area (Å²) in [5, 5.41) is 2.68. The number of likely N-dealkylation sites (tertiary alicyclic amines) is 1. The predicted molar refractivity (Wildman–Crippen MR) is 125 cm³/mol. The highest BCUT2D eigenvalue weighted by molar-refractivity contribution is 6.05. The van der Waals surface area contributed by atoms with Crippen molar-refractivity contribution in [1.29, 1.82) is 0 Å². The fourth-order valence-electron chi connectivity index (χ4n) is 6.14. The van der Waals surface area contributed by atoms with Crippen LogP contribution in [0, 0.1) is 11.8 Å². The van der Waals surface area contributed by atoms with E-state index < -0.39 is 18.0 Å². The molecule has 0 aromatic heterocycles. The van der Waals surface area contributed by atoms with E-state index in [1.54, 1.807) is 18.2 Å². The smallest absolute Gasteiger partial charge is 0.325 e. The molecule has 188 valence electrons. The maximum atomic E-state index is 13.2. The van der Waals surface area contributed by atoms with E-state index in [0.29, 0.717) is 43.1 Å². The number of methoxy groups -OCH3 is 2. The zero-order chi connectivity index (χ0) is 24.7. The molecule has 10 nitrogen and oxygen atoms in total. The first kappa shape index (κ1) is 23.4. The SMILES string of the molecule is COc1ccc(CN2C(=O)N[C@@H](CC(=O)N3C[C@H]4C[C@@H](C3)[C@H]3CCCC(=O)N3C4)C2=O)cc1OC. The van der Waals surface area contributed by atoms with E-state index in [-0.39, 0.29) is 42.7 Å². The summed E-state index contributed by atoms with van der Waals surface area (Å²) in [6, 6.07) is 4.06. The third kappa shape index (κ3) is 4.41. The van der Waals surface area contributed by atoms with E-state index in [4.69, 9.17) is 9.47 Å². The third-order valence-corrected chi connectivity index (χ3v) is 7.81. The lowest BCUT2D eigenvalue weighted by Gasteiger charge is -2.52. The van der Waals surface area contributed by atoms with Crippen LogP contribution in [0.15, 0.2) is 18.2 Å². The molecule has 4 heterocycles. The maximum Gasteiger partial charge on any atom is 0.325 e. The van der Waals surface area contributed by atoms with Crippen molar-refractivity contribution in [3.8, 4) is 11.5 Å². The molecule has 4 atom stereocenters. The summed E-state index contributed by atoms with van der Waals surface area (Å²) in [5.74, 6) is 1.34. The Balaban J connectivity index is 1.21. The first-order valence-corrected chi connectivity index (χ1v) is 12.3. The first-order valence-electron chi connectivity index (χ1n) is 12.3. The molecule has 35 heavy (non-hydrogen) atoms. The molecule has 4 saturated heterocycles. The van der Waals surface area contributed by atoms with Gasteiger partial charge in [-0.3, -0.25) is 19.3 Å². The van der Waals surface area contributed by atoms with E-state index in [1.165, 1.54) is 14.2 Å². The summed E-state index contributed by atoms with van der Waals surface area (Å²) in [5.41, 5.74) is 0.716. The molecule has 1 aromatic rings. The van der Waals surface area contributed by atoms with Crippen LogP contribution >= 0.6 is 0 Å². The van der Waals surface area contributed by atoms with Gasteiger partial charge in [0.2, 0.25) is 11.8 Å². The highest BCUT2D eigenvalue weighted by atomic mass is 16.5. The molecule has 0 saturated carbocycles. The predicted octanol–water partition coefficient (Wildman–Crippen LogP) is 1.37. The molecular weight excluding hydrogens is 452 g/mol. The summed E-state index contributed by atoms with van der Waals surface area (Å²) in [4.78, 5) is 56.1. The number of imide groups is 1. The number of ether oxygens (including phenoxy) is 2. The average Bonchev–Trinajstić information content (AvgIpc) is 3.11. The van der Waals surface area contributed by atoms with Gasteiger partial charge in [-0.05, 0) is 48.8 Å². The minimum atomic E-state index is -0.871. The Morgan fingerprint density at radius 3 is 2.66 bits per heavy atom. The van der Waals surface area contributed by atoms with Crippen LogP contribution in [0.1, 0.15) is 37.7 Å². The Morgan fingerprint density at radius 2 is 1.89 bits per heavy atom. The Bertz CT molecular complexity index is 1040. The number of amides is 5. The molecule has 4 aliphatic heterocycles. The van der Waals surface area contributed by atoms with Crippen molar-refractivity contribution >= 4 is 23.8 Å². The van der Waals surface area contributed by atoms with Crippen LogP contribution in [0.5, 0.6) is 11.5 Å². The molecule has 5 amide bonds. The number of fused-ring (bicyclic) bond motifs is 4. The maximum absolute atomic E-state index is 13.2. The number of nitrogens with one attached hydrogen (secondary N) is 1. The molecule has 0 spiro atoms. The minimum Gasteiger partial charge on any atom is -0.493 e. The van der Waals surface area contributed by atoms with Crippen LogP contribution in [-0.2, 0) is 20.9 Å². The molecule has 0 aliphatic carbocycles. The topological polar surface area (TPSA) is 108 Å². The monoisotopic (exact) mass is 484 g/mol. The Kier molecular flexibility index (Phi) is 6.29. The van der Waals surface area contributed by atoms with E-state index in [0.717, 1.165) is 24.2 Å². The van der Waals surface area contributed by atoms with Crippen molar-refractivity contribution in [1.82, 2.24) is 20.0 Å².